The summed E-state index contributed by atoms with van der Waals surface area (Å²) in [5, 5.41) is 26.2. The van der Waals surface area contributed by atoms with Crippen molar-refractivity contribution in [3.8, 4) is 0 Å². The van der Waals surface area contributed by atoms with E-state index >= 15 is 0 Å². The molecule has 1 heterocycles. The molecule has 0 aromatic heterocycles. The molecule has 0 saturated carbocycles. The van der Waals surface area contributed by atoms with Crippen LogP contribution in [0, 0.1) is 0 Å². The van der Waals surface area contributed by atoms with Crippen molar-refractivity contribution in [1.82, 2.24) is 0 Å². The molecule has 6 heteroatoms. The zero-order valence-corrected chi connectivity index (χ0v) is 6.67. The maximum absolute atomic E-state index is 10.5. The van der Waals surface area contributed by atoms with Gasteiger partial charge in [-0.05, 0) is 0 Å². The number of nitrogens with zero attached hydrogens (tertiary/aromatic N) is 1. The Morgan fingerprint density at radius 2 is 2.00 bits per heavy atom. The Morgan fingerprint density at radius 3 is 2.46 bits per heavy atom. The van der Waals surface area contributed by atoms with E-state index in [4.69, 9.17) is 15.3 Å². The summed E-state index contributed by atoms with van der Waals surface area (Å²) >= 11 is 0. The summed E-state index contributed by atoms with van der Waals surface area (Å²) in [5.41, 5.74) is -0.272. The van der Waals surface area contributed by atoms with Crippen molar-refractivity contribution >= 4 is 17.7 Å². The number of rotatable bonds is 2. The van der Waals surface area contributed by atoms with Gasteiger partial charge < -0.3 is 15.3 Å². The van der Waals surface area contributed by atoms with Crippen LogP contribution in [0.4, 0.5) is 0 Å². The number of carboxylic acids is 2. The van der Waals surface area contributed by atoms with E-state index in [0.717, 1.165) is 0 Å². The highest BCUT2D eigenvalue weighted by molar-refractivity contribution is 6.36. The van der Waals surface area contributed by atoms with Gasteiger partial charge >= 0.3 is 11.9 Å². The van der Waals surface area contributed by atoms with Crippen LogP contribution >= 0.6 is 0 Å². The Balaban J connectivity index is 2.85. The van der Waals surface area contributed by atoms with Crippen molar-refractivity contribution in [1.29, 1.82) is 0 Å². The van der Waals surface area contributed by atoms with E-state index in [9.17, 15) is 9.59 Å². The first kappa shape index (κ1) is 9.66. The standard InChI is InChI=1S/C7H9NO5/c9-3-1-4(6(10)11)8-5(2-3)7(12)13/h3-4,9H,1-2H2,(H,10,11)(H,12,13)/t3-,4?/m0/s1. The third kappa shape index (κ3) is 2.25. The Hall–Kier alpha value is -1.43. The molecular formula is C7H9NO5. The first-order valence-electron chi connectivity index (χ1n) is 3.71. The van der Waals surface area contributed by atoms with E-state index in [1.54, 1.807) is 0 Å². The summed E-state index contributed by atoms with van der Waals surface area (Å²) in [5.74, 6) is -2.48. The molecule has 0 aromatic carbocycles. The van der Waals surface area contributed by atoms with Gasteiger partial charge in [0.25, 0.3) is 0 Å². The van der Waals surface area contributed by atoms with Crippen LogP contribution < -0.4 is 0 Å². The summed E-state index contributed by atoms with van der Waals surface area (Å²) in [7, 11) is 0. The fourth-order valence-corrected chi connectivity index (χ4v) is 1.16. The Bertz CT molecular complexity index is 272. The van der Waals surface area contributed by atoms with Gasteiger partial charge in [0.1, 0.15) is 11.8 Å². The summed E-state index contributed by atoms with van der Waals surface area (Å²) in [6.07, 6.45) is -1.03. The molecule has 0 saturated heterocycles. The van der Waals surface area contributed by atoms with Crippen LogP contribution in [0.15, 0.2) is 4.99 Å². The van der Waals surface area contributed by atoms with Gasteiger partial charge in [0, 0.05) is 12.8 Å². The van der Waals surface area contributed by atoms with E-state index in [2.05, 4.69) is 4.99 Å². The largest absolute Gasteiger partial charge is 0.480 e. The number of aliphatic carboxylic acids is 2. The highest BCUT2D eigenvalue weighted by Crippen LogP contribution is 2.14. The first-order valence-corrected chi connectivity index (χ1v) is 3.71. The second-order valence-corrected chi connectivity index (χ2v) is 2.83. The zero-order chi connectivity index (χ0) is 10.0. The van der Waals surface area contributed by atoms with Crippen molar-refractivity contribution < 1.29 is 24.9 Å². The van der Waals surface area contributed by atoms with Crippen LogP contribution in [-0.4, -0.2) is 45.1 Å². The molecule has 1 unspecified atom stereocenters. The van der Waals surface area contributed by atoms with Gasteiger partial charge in [0.2, 0.25) is 0 Å². The molecule has 0 amide bonds. The van der Waals surface area contributed by atoms with Gasteiger partial charge in [0.05, 0.1) is 6.10 Å². The van der Waals surface area contributed by atoms with E-state index < -0.39 is 24.1 Å². The minimum atomic E-state index is -1.27. The van der Waals surface area contributed by atoms with Gasteiger partial charge in [-0.1, -0.05) is 0 Å². The predicted octanol–water partition coefficient (Wildman–Crippen LogP) is -0.880. The number of hydrogen-bond acceptors (Lipinski definition) is 4. The summed E-state index contributed by atoms with van der Waals surface area (Å²) in [6, 6.07) is -1.13. The van der Waals surface area contributed by atoms with Gasteiger partial charge in [-0.3, -0.25) is 4.99 Å². The van der Waals surface area contributed by atoms with Crippen molar-refractivity contribution in [2.45, 2.75) is 25.0 Å². The molecule has 1 rings (SSSR count). The lowest BCUT2D eigenvalue weighted by Crippen LogP contribution is -2.34. The lowest BCUT2D eigenvalue weighted by molar-refractivity contribution is -0.139. The molecular weight excluding hydrogens is 178 g/mol. The number of aliphatic hydroxyl groups excluding tert-OH is 1. The van der Waals surface area contributed by atoms with Crippen LogP contribution in [0.1, 0.15) is 12.8 Å². The second-order valence-electron chi connectivity index (χ2n) is 2.83. The van der Waals surface area contributed by atoms with Crippen molar-refractivity contribution in [3.63, 3.8) is 0 Å². The summed E-state index contributed by atoms with van der Waals surface area (Å²) in [4.78, 5) is 24.4. The molecule has 3 N–H and O–H groups in total. The smallest absolute Gasteiger partial charge is 0.349 e. The third-order valence-corrected chi connectivity index (χ3v) is 1.77. The quantitative estimate of drug-likeness (QED) is 0.520. The lowest BCUT2D eigenvalue weighted by atomic mass is 10.00. The maximum Gasteiger partial charge on any atom is 0.349 e. The molecule has 2 atom stereocenters. The van der Waals surface area contributed by atoms with Crippen LogP contribution in [0.3, 0.4) is 0 Å². The fraction of sp³-hybridized carbons (Fsp3) is 0.571. The van der Waals surface area contributed by atoms with Crippen LogP contribution in [0.2, 0.25) is 0 Å². The Kier molecular flexibility index (Phi) is 2.62. The first-order chi connectivity index (χ1) is 6.00. The van der Waals surface area contributed by atoms with E-state index in [1.165, 1.54) is 0 Å². The van der Waals surface area contributed by atoms with Gasteiger partial charge in [-0.25, -0.2) is 9.59 Å². The molecule has 0 aromatic rings. The molecule has 1 aliphatic rings. The van der Waals surface area contributed by atoms with E-state index in [1.807, 2.05) is 0 Å². The molecule has 72 valence electrons. The normalized spacial score (nSPS) is 27.9. The van der Waals surface area contributed by atoms with E-state index in [0.29, 0.717) is 0 Å². The number of carboxylic acid groups (broad SMARTS) is 2. The molecule has 13 heavy (non-hydrogen) atoms. The average molecular weight is 187 g/mol. The van der Waals surface area contributed by atoms with Gasteiger partial charge in [-0.15, -0.1) is 0 Å². The zero-order valence-electron chi connectivity index (χ0n) is 6.67. The molecule has 0 radical (unpaired) electrons. The minimum Gasteiger partial charge on any atom is -0.480 e. The van der Waals surface area contributed by atoms with Crippen LogP contribution in [0.5, 0.6) is 0 Å². The molecule has 6 nitrogen and oxygen atoms in total. The summed E-state index contributed by atoms with van der Waals surface area (Å²) in [6.45, 7) is 0. The van der Waals surface area contributed by atoms with Crippen LogP contribution in [-0.2, 0) is 9.59 Å². The maximum atomic E-state index is 10.5. The fourth-order valence-electron chi connectivity index (χ4n) is 1.16. The minimum absolute atomic E-state index is 0.0217. The van der Waals surface area contributed by atoms with Gasteiger partial charge in [-0.2, -0.15) is 0 Å². The van der Waals surface area contributed by atoms with Crippen molar-refractivity contribution in [3.05, 3.63) is 0 Å². The van der Waals surface area contributed by atoms with Gasteiger partial charge in [0.15, 0.2) is 0 Å². The second kappa shape index (κ2) is 3.53. The lowest BCUT2D eigenvalue weighted by Gasteiger charge is -2.19. The van der Waals surface area contributed by atoms with Crippen LogP contribution in [0.25, 0.3) is 0 Å². The molecule has 0 aliphatic carbocycles. The average Bonchev–Trinajstić information content (AvgIpc) is 2.03. The highest BCUT2D eigenvalue weighted by Gasteiger charge is 2.29. The molecule has 0 fully saturated rings. The Morgan fingerprint density at radius 1 is 1.38 bits per heavy atom. The predicted molar refractivity (Wildman–Crippen MR) is 41.7 cm³/mol. The number of hydrogen-bond donors (Lipinski definition) is 3. The summed E-state index contributed by atoms with van der Waals surface area (Å²) < 4.78 is 0. The SMILES string of the molecule is O=C(O)C1=NC(C(=O)O)C[C@H](O)C1. The third-order valence-electron chi connectivity index (χ3n) is 1.77. The Labute approximate surface area is 73.5 Å². The number of carbonyl (C=O) groups is 2. The van der Waals surface area contributed by atoms with Crippen molar-refractivity contribution in [2.24, 2.45) is 4.99 Å². The number of aliphatic hydroxyl groups is 1. The van der Waals surface area contributed by atoms with E-state index in [-0.39, 0.29) is 18.6 Å². The molecule has 0 bridgehead atoms. The topological polar surface area (TPSA) is 107 Å². The highest BCUT2D eigenvalue weighted by atomic mass is 16.4. The monoisotopic (exact) mass is 187 g/mol. The molecule has 0 spiro atoms. The number of aliphatic imine (C=N–C) groups is 1. The molecule has 1 aliphatic heterocycles. The van der Waals surface area contributed by atoms with Crippen molar-refractivity contribution in [2.75, 3.05) is 0 Å².